The summed E-state index contributed by atoms with van der Waals surface area (Å²) in [6.45, 7) is 0. The number of nitrogens with one attached hydrogen (secondary N) is 1. The second-order valence-corrected chi connectivity index (χ2v) is 2.90. The smallest absolute Gasteiger partial charge is 0.0659 e. The molecule has 0 aliphatic carbocycles. The molecule has 0 unspecified atom stereocenters. The molecule has 2 nitrogen and oxygen atoms in total. The Morgan fingerprint density at radius 1 is 1.31 bits per heavy atom. The van der Waals surface area contributed by atoms with Crippen LogP contribution < -0.4 is 5.32 Å². The van der Waals surface area contributed by atoms with Gasteiger partial charge in [-0.25, -0.2) is 0 Å². The van der Waals surface area contributed by atoms with Crippen LogP contribution in [-0.4, -0.2) is 10.5 Å². The summed E-state index contributed by atoms with van der Waals surface area (Å²) in [5.74, 6) is 0. The topological polar surface area (TPSA) is 24.9 Å². The van der Waals surface area contributed by atoms with Gasteiger partial charge in [0.2, 0.25) is 0 Å². The van der Waals surface area contributed by atoms with E-state index in [-0.39, 0.29) is 0 Å². The second-order valence-electron chi connectivity index (χ2n) is 2.66. The molecule has 3 heteroatoms. The first-order valence-corrected chi connectivity index (χ1v) is 4.42. The Labute approximate surface area is 81.6 Å². The van der Waals surface area contributed by atoms with E-state index in [9.17, 15) is 0 Å². The Bertz CT molecular complexity index is 434. The van der Waals surface area contributed by atoms with E-state index in [1.807, 2.05) is 30.5 Å². The molecule has 0 amide bonds. The normalized spacial score (nSPS) is 9.85. The van der Waals surface area contributed by atoms with Crippen molar-refractivity contribution in [2.75, 3.05) is 5.32 Å². The summed E-state index contributed by atoms with van der Waals surface area (Å²) in [5.41, 5.74) is 2.53. The predicted octanol–water partition coefficient (Wildman–Crippen LogP) is 2.60. The summed E-state index contributed by atoms with van der Waals surface area (Å²) >= 11 is 4.75. The number of hydrogen-bond donors (Lipinski definition) is 1. The van der Waals surface area contributed by atoms with Gasteiger partial charge in [-0.2, -0.15) is 0 Å². The van der Waals surface area contributed by atoms with E-state index in [4.69, 9.17) is 12.2 Å². The van der Waals surface area contributed by atoms with E-state index in [2.05, 4.69) is 10.3 Å². The van der Waals surface area contributed by atoms with Crippen LogP contribution in [0, 0.1) is 0 Å². The molecule has 0 fully saturated rings. The van der Waals surface area contributed by atoms with Gasteiger partial charge in [-0.3, -0.25) is 4.98 Å². The molecule has 0 bridgehead atoms. The molecule has 0 saturated carbocycles. The van der Waals surface area contributed by atoms with Crippen molar-refractivity contribution in [1.82, 2.24) is 4.98 Å². The van der Waals surface area contributed by atoms with Gasteiger partial charge in [0.05, 0.1) is 5.49 Å². The van der Waals surface area contributed by atoms with Crippen LogP contribution in [0.5, 0.6) is 0 Å². The van der Waals surface area contributed by atoms with Crippen molar-refractivity contribution in [2.24, 2.45) is 0 Å². The van der Waals surface area contributed by atoms with E-state index in [0.29, 0.717) is 0 Å². The largest absolute Gasteiger partial charge is 0.352 e. The van der Waals surface area contributed by atoms with Crippen LogP contribution in [0.2, 0.25) is 0 Å². The van der Waals surface area contributed by atoms with Crippen molar-refractivity contribution in [3.8, 4) is 0 Å². The summed E-state index contributed by atoms with van der Waals surface area (Å²) in [4.78, 5) is 4.05. The summed E-state index contributed by atoms with van der Waals surface area (Å²) < 4.78 is 0. The van der Waals surface area contributed by atoms with Crippen LogP contribution in [-0.2, 0) is 0 Å². The molecule has 1 aromatic carbocycles. The van der Waals surface area contributed by atoms with E-state index >= 15 is 0 Å². The molecule has 0 saturated heterocycles. The van der Waals surface area contributed by atoms with Gasteiger partial charge in [-0.15, -0.1) is 0 Å². The van der Waals surface area contributed by atoms with Crippen molar-refractivity contribution in [2.45, 2.75) is 0 Å². The first-order valence-electron chi connectivity index (χ1n) is 3.95. The number of anilines is 1. The molecule has 1 aromatic heterocycles. The van der Waals surface area contributed by atoms with E-state index in [0.717, 1.165) is 16.5 Å². The molecule has 0 atom stereocenters. The maximum absolute atomic E-state index is 4.75. The van der Waals surface area contributed by atoms with Gasteiger partial charge in [-0.1, -0.05) is 24.4 Å². The average Bonchev–Trinajstić information content (AvgIpc) is 2.19. The Morgan fingerprint density at radius 3 is 3.08 bits per heavy atom. The van der Waals surface area contributed by atoms with Crippen LogP contribution in [0.4, 0.5) is 5.69 Å². The van der Waals surface area contributed by atoms with Gasteiger partial charge in [0.1, 0.15) is 0 Å². The van der Waals surface area contributed by atoms with Gasteiger partial charge < -0.3 is 5.32 Å². The highest BCUT2D eigenvalue weighted by atomic mass is 32.1. The number of hydrogen-bond acceptors (Lipinski definition) is 2. The second kappa shape index (κ2) is 3.49. The van der Waals surface area contributed by atoms with Crippen molar-refractivity contribution >= 4 is 34.2 Å². The average molecular weight is 188 g/mol. The van der Waals surface area contributed by atoms with Crippen molar-refractivity contribution in [1.29, 1.82) is 0 Å². The maximum atomic E-state index is 4.75. The molecule has 0 aliphatic heterocycles. The monoisotopic (exact) mass is 188 g/mol. The predicted molar refractivity (Wildman–Crippen MR) is 59.0 cm³/mol. The number of aromatic nitrogens is 1. The van der Waals surface area contributed by atoms with Crippen molar-refractivity contribution < 1.29 is 0 Å². The molecule has 1 heterocycles. The molecular weight excluding hydrogens is 180 g/mol. The van der Waals surface area contributed by atoms with Gasteiger partial charge in [0.25, 0.3) is 0 Å². The minimum absolute atomic E-state index is 1.02. The maximum Gasteiger partial charge on any atom is 0.0659 e. The highest BCUT2D eigenvalue weighted by molar-refractivity contribution is 7.79. The number of thiocarbonyl (C=S) groups is 1. The molecule has 0 spiro atoms. The number of pyridine rings is 1. The Hall–Kier alpha value is -1.48. The fraction of sp³-hybridized carbons (Fsp3) is 0. The minimum Gasteiger partial charge on any atom is -0.352 e. The van der Waals surface area contributed by atoms with Crippen LogP contribution >= 0.6 is 12.2 Å². The highest BCUT2D eigenvalue weighted by Crippen LogP contribution is 2.21. The lowest BCUT2D eigenvalue weighted by Gasteiger charge is -2.03. The molecular formula is C10H8N2S. The minimum atomic E-state index is 1.02. The summed E-state index contributed by atoms with van der Waals surface area (Å²) in [5, 5.41) is 5.27. The first-order chi connectivity index (χ1) is 6.42. The summed E-state index contributed by atoms with van der Waals surface area (Å²) in [7, 11) is 0. The zero-order chi connectivity index (χ0) is 9.10. The van der Waals surface area contributed by atoms with E-state index < -0.39 is 0 Å². The van der Waals surface area contributed by atoms with Crippen molar-refractivity contribution in [3.63, 3.8) is 0 Å². The molecule has 0 radical (unpaired) electrons. The zero-order valence-corrected chi connectivity index (χ0v) is 7.71. The van der Waals surface area contributed by atoms with Crippen LogP contribution in [0.15, 0.2) is 36.7 Å². The van der Waals surface area contributed by atoms with E-state index in [1.165, 1.54) is 5.49 Å². The van der Waals surface area contributed by atoms with Crippen LogP contribution in [0.25, 0.3) is 10.8 Å². The molecule has 2 rings (SSSR count). The number of nitrogens with zero attached hydrogens (tertiary/aromatic N) is 1. The van der Waals surface area contributed by atoms with Crippen LogP contribution in [0.3, 0.4) is 0 Å². The standard InChI is InChI=1S/C10H8N2S/c13-7-12-10-3-1-2-8-6-11-5-4-9(8)10/h1-7H,(H,12,13). The fourth-order valence-electron chi connectivity index (χ4n) is 1.31. The highest BCUT2D eigenvalue weighted by Gasteiger charge is 1.96. The lowest BCUT2D eigenvalue weighted by molar-refractivity contribution is 1.36. The Morgan fingerprint density at radius 2 is 2.23 bits per heavy atom. The molecule has 64 valence electrons. The lowest BCUT2D eigenvalue weighted by Crippen LogP contribution is -1.92. The van der Waals surface area contributed by atoms with Gasteiger partial charge in [0, 0.05) is 28.9 Å². The fourth-order valence-corrected chi connectivity index (χ4v) is 1.44. The van der Waals surface area contributed by atoms with Gasteiger partial charge >= 0.3 is 0 Å². The Balaban J connectivity index is 2.68. The SMILES string of the molecule is S=CNc1cccc2cnccc12. The van der Waals surface area contributed by atoms with Crippen molar-refractivity contribution in [3.05, 3.63) is 36.7 Å². The quantitative estimate of drug-likeness (QED) is 0.733. The number of benzene rings is 1. The Kier molecular flexibility index (Phi) is 2.19. The van der Waals surface area contributed by atoms with Gasteiger partial charge in [0.15, 0.2) is 0 Å². The van der Waals surface area contributed by atoms with Gasteiger partial charge in [-0.05, 0) is 12.1 Å². The number of fused-ring (bicyclic) bond motifs is 1. The molecule has 1 N–H and O–H groups in total. The summed E-state index contributed by atoms with van der Waals surface area (Å²) in [6, 6.07) is 7.96. The third kappa shape index (κ3) is 1.51. The third-order valence-electron chi connectivity index (χ3n) is 1.90. The number of rotatable bonds is 2. The van der Waals surface area contributed by atoms with E-state index in [1.54, 1.807) is 6.20 Å². The molecule has 0 aliphatic rings. The molecule has 13 heavy (non-hydrogen) atoms. The third-order valence-corrected chi connectivity index (χ3v) is 2.01. The summed E-state index contributed by atoms with van der Waals surface area (Å²) in [6.07, 6.45) is 3.61. The lowest BCUT2D eigenvalue weighted by atomic mass is 10.1. The zero-order valence-electron chi connectivity index (χ0n) is 6.90. The molecule has 2 aromatic rings. The van der Waals surface area contributed by atoms with Crippen LogP contribution in [0.1, 0.15) is 0 Å². The first kappa shape index (κ1) is 8.13.